The Kier molecular flexibility index (Phi) is 5.01. The molecule has 3 N–H and O–H groups in total. The van der Waals surface area contributed by atoms with Crippen LogP contribution in [0.15, 0.2) is 29.4 Å². The van der Waals surface area contributed by atoms with Gasteiger partial charge in [0, 0.05) is 11.6 Å². The van der Waals surface area contributed by atoms with Crippen LogP contribution in [0, 0.1) is 16.7 Å². The van der Waals surface area contributed by atoms with Gasteiger partial charge < -0.3 is 15.9 Å². The molecule has 0 spiro atoms. The number of carbonyl (C=O) groups excluding carboxylic acids is 1. The van der Waals surface area contributed by atoms with Crippen molar-refractivity contribution in [2.75, 3.05) is 18.7 Å². The number of benzene rings is 1. The summed E-state index contributed by atoms with van der Waals surface area (Å²) in [6.07, 6.45) is 3.54. The van der Waals surface area contributed by atoms with E-state index in [0.29, 0.717) is 16.9 Å². The van der Waals surface area contributed by atoms with E-state index in [4.69, 9.17) is 10.6 Å². The summed E-state index contributed by atoms with van der Waals surface area (Å²) in [7, 11) is 1.62. The second-order valence-electron chi connectivity index (χ2n) is 8.92. The number of thioether (sulfide) groups is 1. The van der Waals surface area contributed by atoms with Gasteiger partial charge in [-0.15, -0.1) is 10.2 Å². The van der Waals surface area contributed by atoms with Crippen LogP contribution in [0.4, 0.5) is 0 Å². The molecule has 1 aromatic heterocycles. The molecule has 0 aliphatic heterocycles. The average Bonchev–Trinajstić information content (AvgIpc) is 3.24. The van der Waals surface area contributed by atoms with E-state index in [9.17, 15) is 4.79 Å². The monoisotopic (exact) mass is 415 g/mol. The number of rotatable bonds is 6. The van der Waals surface area contributed by atoms with Crippen LogP contribution in [0.5, 0.6) is 5.75 Å². The number of aromatic nitrogens is 3. The van der Waals surface area contributed by atoms with Gasteiger partial charge in [-0.1, -0.05) is 32.5 Å². The van der Waals surface area contributed by atoms with E-state index in [0.717, 1.165) is 17.7 Å². The predicted molar refractivity (Wildman–Crippen MR) is 114 cm³/mol. The molecule has 2 bridgehead atoms. The smallest absolute Gasteiger partial charge is 0.230 e. The van der Waals surface area contributed by atoms with Crippen molar-refractivity contribution in [2.24, 2.45) is 16.7 Å². The summed E-state index contributed by atoms with van der Waals surface area (Å²) in [6, 6.07) is 7.70. The summed E-state index contributed by atoms with van der Waals surface area (Å²) >= 11 is 1.31. The van der Waals surface area contributed by atoms with Crippen molar-refractivity contribution >= 4 is 17.7 Å². The van der Waals surface area contributed by atoms with Crippen LogP contribution in [-0.2, 0) is 4.79 Å². The Bertz CT molecular complexity index is 910. The van der Waals surface area contributed by atoms with Crippen molar-refractivity contribution in [3.05, 3.63) is 24.3 Å². The molecule has 1 amide bonds. The minimum absolute atomic E-state index is 0.0265. The second-order valence-corrected chi connectivity index (χ2v) is 9.87. The van der Waals surface area contributed by atoms with Crippen molar-refractivity contribution in [2.45, 2.75) is 51.2 Å². The lowest BCUT2D eigenvalue weighted by atomic mass is 9.69. The van der Waals surface area contributed by atoms with E-state index >= 15 is 0 Å². The minimum atomic E-state index is 0.0265. The zero-order valence-corrected chi connectivity index (χ0v) is 18.3. The summed E-state index contributed by atoms with van der Waals surface area (Å²) in [5.74, 6) is 8.49. The van der Waals surface area contributed by atoms with Gasteiger partial charge in [0.2, 0.25) is 11.1 Å². The number of amides is 1. The Labute approximate surface area is 175 Å². The Balaban J connectivity index is 1.37. The third-order valence-electron chi connectivity index (χ3n) is 7.47. The number of hydrogen-bond acceptors (Lipinski definition) is 6. The number of fused-ring (bicyclic) bond motifs is 2. The number of nitrogens with one attached hydrogen (secondary N) is 1. The molecule has 3 atom stereocenters. The summed E-state index contributed by atoms with van der Waals surface area (Å²) < 4.78 is 6.61. The van der Waals surface area contributed by atoms with Crippen molar-refractivity contribution in [1.29, 1.82) is 0 Å². The maximum Gasteiger partial charge on any atom is 0.230 e. The molecule has 2 saturated carbocycles. The Morgan fingerprint density at radius 1 is 1.31 bits per heavy atom. The van der Waals surface area contributed by atoms with Gasteiger partial charge in [-0.25, -0.2) is 4.68 Å². The summed E-state index contributed by atoms with van der Waals surface area (Å²) in [5, 5.41) is 12.1. The maximum absolute atomic E-state index is 12.6. The average molecular weight is 416 g/mol. The third-order valence-corrected chi connectivity index (χ3v) is 8.42. The first-order valence-electron chi connectivity index (χ1n) is 10.0. The number of ether oxygens (including phenoxy) is 1. The van der Waals surface area contributed by atoms with E-state index in [-0.39, 0.29) is 28.5 Å². The molecule has 156 valence electrons. The van der Waals surface area contributed by atoms with Crippen molar-refractivity contribution in [3.8, 4) is 17.1 Å². The van der Waals surface area contributed by atoms with Gasteiger partial charge >= 0.3 is 0 Å². The van der Waals surface area contributed by atoms with Crippen LogP contribution >= 0.6 is 11.8 Å². The normalized spacial score (nSPS) is 27.2. The molecule has 1 aromatic carbocycles. The predicted octanol–water partition coefficient (Wildman–Crippen LogP) is 3.09. The van der Waals surface area contributed by atoms with Crippen LogP contribution < -0.4 is 15.9 Å². The first-order chi connectivity index (χ1) is 13.8. The lowest BCUT2D eigenvalue weighted by Crippen LogP contribution is -2.47. The highest BCUT2D eigenvalue weighted by Crippen LogP contribution is 2.65. The quantitative estimate of drug-likeness (QED) is 0.556. The molecule has 2 aliphatic rings. The first kappa shape index (κ1) is 20.1. The van der Waals surface area contributed by atoms with Crippen molar-refractivity contribution < 1.29 is 9.53 Å². The first-order valence-corrected chi connectivity index (χ1v) is 11.0. The van der Waals surface area contributed by atoms with E-state index in [1.807, 2.05) is 24.3 Å². The van der Waals surface area contributed by atoms with Crippen molar-refractivity contribution in [1.82, 2.24) is 20.2 Å². The molecule has 7 nitrogen and oxygen atoms in total. The topological polar surface area (TPSA) is 95.1 Å². The summed E-state index contributed by atoms with van der Waals surface area (Å²) in [4.78, 5) is 12.6. The van der Waals surface area contributed by atoms with Crippen molar-refractivity contribution in [3.63, 3.8) is 0 Å². The number of methoxy groups -OCH3 is 1. The highest BCUT2D eigenvalue weighted by molar-refractivity contribution is 7.99. The molecule has 2 aromatic rings. The SMILES string of the molecule is COc1ccc(-c2nnc(SCC(=O)NC3CC4CCC3(C)C4(C)C)n2N)cc1. The lowest BCUT2D eigenvalue weighted by Gasteiger charge is -2.39. The molecular weight excluding hydrogens is 386 g/mol. The number of nitrogen functional groups attached to an aromatic ring is 1. The van der Waals surface area contributed by atoms with E-state index in [1.54, 1.807) is 7.11 Å². The fraction of sp³-hybridized carbons (Fsp3) is 0.571. The van der Waals surface area contributed by atoms with Gasteiger partial charge in [-0.2, -0.15) is 0 Å². The third kappa shape index (κ3) is 3.27. The molecule has 4 rings (SSSR count). The van der Waals surface area contributed by atoms with Crippen LogP contribution in [0.2, 0.25) is 0 Å². The van der Waals surface area contributed by atoms with Gasteiger partial charge in [0.25, 0.3) is 0 Å². The maximum atomic E-state index is 12.6. The standard InChI is InChI=1S/C21H29N5O2S/c1-20(2)14-9-10-21(20,3)16(11-14)23-17(27)12-29-19-25-24-18(26(19)22)13-5-7-15(28-4)8-6-13/h5-8,14,16H,9-12,22H2,1-4H3,(H,23,27). The lowest BCUT2D eigenvalue weighted by molar-refractivity contribution is -0.120. The molecule has 0 radical (unpaired) electrons. The van der Waals surface area contributed by atoms with Gasteiger partial charge in [0.15, 0.2) is 5.82 Å². The van der Waals surface area contributed by atoms with E-state index in [2.05, 4.69) is 36.3 Å². The van der Waals surface area contributed by atoms with E-state index < -0.39 is 0 Å². The highest BCUT2D eigenvalue weighted by atomic mass is 32.2. The molecule has 3 unspecified atom stereocenters. The molecular formula is C21H29N5O2S. The Morgan fingerprint density at radius 2 is 2.03 bits per heavy atom. The van der Waals surface area contributed by atoms with Crippen LogP contribution in [0.1, 0.15) is 40.0 Å². The molecule has 29 heavy (non-hydrogen) atoms. The fourth-order valence-electron chi connectivity index (χ4n) is 5.10. The zero-order chi connectivity index (χ0) is 20.8. The second kappa shape index (κ2) is 7.23. The van der Waals surface area contributed by atoms with Gasteiger partial charge in [-0.3, -0.25) is 4.79 Å². The number of nitrogens with two attached hydrogens (primary N) is 1. The van der Waals surface area contributed by atoms with Gasteiger partial charge in [-0.05, 0) is 60.3 Å². The molecule has 0 saturated heterocycles. The van der Waals surface area contributed by atoms with Gasteiger partial charge in [0.05, 0.1) is 12.9 Å². The van der Waals surface area contributed by atoms with E-state index in [1.165, 1.54) is 29.3 Å². The zero-order valence-electron chi connectivity index (χ0n) is 17.4. The number of hydrogen-bond donors (Lipinski definition) is 2. The summed E-state index contributed by atoms with van der Waals surface area (Å²) in [6.45, 7) is 7.03. The van der Waals surface area contributed by atoms with Crippen LogP contribution in [0.25, 0.3) is 11.4 Å². The molecule has 8 heteroatoms. The van der Waals surface area contributed by atoms with Crippen LogP contribution in [-0.4, -0.2) is 39.7 Å². The molecule has 2 fully saturated rings. The summed E-state index contributed by atoms with van der Waals surface area (Å²) in [5.41, 5.74) is 1.30. The Hall–Kier alpha value is -2.22. The largest absolute Gasteiger partial charge is 0.497 e. The fourth-order valence-corrected chi connectivity index (χ4v) is 5.77. The number of nitrogens with zero attached hydrogens (tertiary/aromatic N) is 3. The molecule has 1 heterocycles. The minimum Gasteiger partial charge on any atom is -0.497 e. The van der Waals surface area contributed by atoms with Crippen LogP contribution in [0.3, 0.4) is 0 Å². The number of carbonyl (C=O) groups is 1. The van der Waals surface area contributed by atoms with Gasteiger partial charge in [0.1, 0.15) is 5.75 Å². The molecule has 2 aliphatic carbocycles. The highest BCUT2D eigenvalue weighted by Gasteiger charge is 2.61. The Morgan fingerprint density at radius 3 is 2.62 bits per heavy atom.